The van der Waals surface area contributed by atoms with Crippen LogP contribution in [0.5, 0.6) is 11.5 Å². The summed E-state index contributed by atoms with van der Waals surface area (Å²) >= 11 is 4.74. The van der Waals surface area contributed by atoms with Crippen molar-refractivity contribution < 1.29 is 9.47 Å². The van der Waals surface area contributed by atoms with Gasteiger partial charge in [-0.05, 0) is 105 Å². The highest BCUT2D eigenvalue weighted by Crippen LogP contribution is 2.31. The summed E-state index contributed by atoms with van der Waals surface area (Å²) in [5.74, 6) is 1.89. The molecule has 0 saturated heterocycles. The second kappa shape index (κ2) is 9.75. The Kier molecular flexibility index (Phi) is 8.33. The van der Waals surface area contributed by atoms with Gasteiger partial charge in [0.05, 0.1) is 19.3 Å². The molecule has 0 N–H and O–H groups in total. The minimum Gasteiger partial charge on any atom is -0.489 e. The summed E-state index contributed by atoms with van der Waals surface area (Å²) in [6.45, 7) is 17.6. The van der Waals surface area contributed by atoms with Crippen molar-refractivity contribution in [2.45, 2.75) is 84.8 Å². The largest absolute Gasteiger partial charge is 0.489 e. The Hall–Kier alpha value is -0.500. The first kappa shape index (κ1) is 24.8. The van der Waals surface area contributed by atoms with Crippen molar-refractivity contribution in [3.05, 3.63) is 54.7 Å². The number of rotatable bonds is 6. The Labute approximate surface area is 204 Å². The van der Waals surface area contributed by atoms with Crippen LogP contribution in [0.1, 0.15) is 72.9 Å². The molecule has 0 fully saturated rings. The molecule has 4 heteroatoms. The molecule has 160 valence electrons. The highest BCUT2D eigenvalue weighted by atomic mass is 127. The summed E-state index contributed by atoms with van der Waals surface area (Å²) in [5, 5.41) is 0. The number of halogens is 2. The zero-order chi connectivity index (χ0) is 22.0. The Bertz CT molecular complexity index is 762. The molecule has 2 rings (SSSR count). The van der Waals surface area contributed by atoms with Gasteiger partial charge in [-0.2, -0.15) is 0 Å². The summed E-state index contributed by atoms with van der Waals surface area (Å²) in [7, 11) is 0. The number of hydrogen-bond acceptors (Lipinski definition) is 2. The van der Waals surface area contributed by atoms with Gasteiger partial charge in [-0.15, -0.1) is 0 Å². The molecule has 0 aliphatic rings. The van der Waals surface area contributed by atoms with Gasteiger partial charge in [-0.3, -0.25) is 0 Å². The smallest absolute Gasteiger partial charge is 0.133 e. The van der Waals surface area contributed by atoms with E-state index >= 15 is 0 Å². The Balaban J connectivity index is 1.98. The fourth-order valence-corrected chi connectivity index (χ4v) is 4.41. The predicted octanol–water partition coefficient (Wildman–Crippen LogP) is 8.12. The molecule has 2 nitrogen and oxygen atoms in total. The van der Waals surface area contributed by atoms with Crippen LogP contribution in [0.2, 0.25) is 0 Å². The van der Waals surface area contributed by atoms with Gasteiger partial charge in [-0.25, -0.2) is 0 Å². The number of benzene rings is 2. The molecule has 2 aromatic carbocycles. The van der Waals surface area contributed by atoms with Gasteiger partial charge in [0.1, 0.15) is 11.5 Å². The average molecular weight is 620 g/mol. The van der Waals surface area contributed by atoms with E-state index in [1.807, 2.05) is 0 Å². The second-order valence-electron chi connectivity index (χ2n) is 9.88. The molecule has 29 heavy (non-hydrogen) atoms. The SMILES string of the molecule is C[C@H](C[C@H](C)Oc1ccc(C(C)(C)C)cc1I)Oc1ccc(C(C)(C)C)cc1I. The zero-order valence-electron chi connectivity index (χ0n) is 18.9. The third kappa shape index (κ3) is 7.30. The fourth-order valence-electron chi connectivity index (χ4n) is 3.12. The fraction of sp³-hybridized carbons (Fsp3) is 0.520. The Morgan fingerprint density at radius 3 is 1.31 bits per heavy atom. The van der Waals surface area contributed by atoms with Crippen LogP contribution < -0.4 is 9.47 Å². The lowest BCUT2D eigenvalue weighted by molar-refractivity contribution is 0.129. The molecule has 0 aromatic heterocycles. The molecule has 0 aliphatic heterocycles. The van der Waals surface area contributed by atoms with Crippen molar-refractivity contribution in [1.29, 1.82) is 0 Å². The first-order chi connectivity index (χ1) is 13.3. The molecular weight excluding hydrogens is 586 g/mol. The zero-order valence-corrected chi connectivity index (χ0v) is 23.2. The van der Waals surface area contributed by atoms with Crippen LogP contribution in [0, 0.1) is 7.14 Å². The van der Waals surface area contributed by atoms with E-state index in [0.29, 0.717) is 0 Å². The number of ether oxygens (including phenoxy) is 2. The lowest BCUT2D eigenvalue weighted by Gasteiger charge is -2.24. The van der Waals surface area contributed by atoms with Crippen LogP contribution in [0.25, 0.3) is 0 Å². The van der Waals surface area contributed by atoms with Crippen LogP contribution in [0.3, 0.4) is 0 Å². The molecule has 2 aromatic rings. The summed E-state index contributed by atoms with van der Waals surface area (Å²) in [5.41, 5.74) is 2.94. The average Bonchev–Trinajstić information content (AvgIpc) is 2.56. The van der Waals surface area contributed by atoms with Gasteiger partial charge >= 0.3 is 0 Å². The highest BCUT2D eigenvalue weighted by molar-refractivity contribution is 14.1. The summed E-state index contributed by atoms with van der Waals surface area (Å²) in [6.07, 6.45) is 0.977. The van der Waals surface area contributed by atoms with Crippen LogP contribution in [0.4, 0.5) is 0 Å². The third-order valence-electron chi connectivity index (χ3n) is 4.92. The maximum Gasteiger partial charge on any atom is 0.133 e. The topological polar surface area (TPSA) is 18.5 Å². The van der Waals surface area contributed by atoms with Gasteiger partial charge in [0, 0.05) is 6.42 Å². The quantitative estimate of drug-likeness (QED) is 0.304. The van der Waals surface area contributed by atoms with E-state index in [2.05, 4.69) is 137 Å². The van der Waals surface area contributed by atoms with Gasteiger partial charge < -0.3 is 9.47 Å². The van der Waals surface area contributed by atoms with Crippen molar-refractivity contribution in [1.82, 2.24) is 0 Å². The van der Waals surface area contributed by atoms with Gasteiger partial charge in [-0.1, -0.05) is 53.7 Å². The first-order valence-electron chi connectivity index (χ1n) is 10.2. The van der Waals surface area contributed by atoms with Gasteiger partial charge in [0.2, 0.25) is 0 Å². The monoisotopic (exact) mass is 620 g/mol. The van der Waals surface area contributed by atoms with Gasteiger partial charge in [0.25, 0.3) is 0 Å². The molecule has 2 atom stereocenters. The van der Waals surface area contributed by atoms with E-state index < -0.39 is 0 Å². The minimum absolute atomic E-state index is 0.0745. The molecule has 0 bridgehead atoms. The highest BCUT2D eigenvalue weighted by Gasteiger charge is 2.19. The maximum absolute atomic E-state index is 6.23. The van der Waals surface area contributed by atoms with Crippen molar-refractivity contribution in [2.24, 2.45) is 0 Å². The van der Waals surface area contributed by atoms with E-state index in [4.69, 9.17) is 9.47 Å². The second-order valence-corrected chi connectivity index (χ2v) is 12.2. The van der Waals surface area contributed by atoms with E-state index in [1.54, 1.807) is 0 Å². The molecule has 0 saturated carbocycles. The lowest BCUT2D eigenvalue weighted by Crippen LogP contribution is -2.23. The molecule has 0 radical (unpaired) electrons. The van der Waals surface area contributed by atoms with Crippen LogP contribution >= 0.6 is 45.2 Å². The molecule has 0 amide bonds. The summed E-state index contributed by atoms with van der Waals surface area (Å²) < 4.78 is 14.8. The van der Waals surface area contributed by atoms with Gasteiger partial charge in [0.15, 0.2) is 0 Å². The molecule has 0 spiro atoms. The van der Waals surface area contributed by atoms with Crippen molar-refractivity contribution in [3.63, 3.8) is 0 Å². The minimum atomic E-state index is 0.0745. The van der Waals surface area contributed by atoms with Crippen LogP contribution in [0.15, 0.2) is 36.4 Å². The third-order valence-corrected chi connectivity index (χ3v) is 6.60. The first-order valence-corrected chi connectivity index (χ1v) is 12.4. The molecular formula is C25H34I2O2. The van der Waals surface area contributed by atoms with Crippen LogP contribution in [-0.2, 0) is 10.8 Å². The maximum atomic E-state index is 6.23. The molecule has 0 unspecified atom stereocenters. The number of hydrogen-bond donors (Lipinski definition) is 0. The predicted molar refractivity (Wildman–Crippen MR) is 141 cm³/mol. The van der Waals surface area contributed by atoms with E-state index in [0.717, 1.165) is 25.1 Å². The Morgan fingerprint density at radius 2 is 1.03 bits per heavy atom. The summed E-state index contributed by atoms with van der Waals surface area (Å²) in [4.78, 5) is 0. The molecule has 0 heterocycles. The van der Waals surface area contributed by atoms with E-state index in [-0.39, 0.29) is 23.0 Å². The van der Waals surface area contributed by atoms with E-state index in [9.17, 15) is 0 Å². The standard InChI is InChI=1S/C25H34I2O2/c1-16(28-22-11-9-18(14-20(22)26)24(3,4)5)13-17(2)29-23-12-10-19(15-21(23)27)25(6,7)8/h9-12,14-17H,13H2,1-8H3/t16-,17+. The van der Waals surface area contributed by atoms with E-state index in [1.165, 1.54) is 11.1 Å². The van der Waals surface area contributed by atoms with Crippen molar-refractivity contribution in [2.75, 3.05) is 0 Å². The normalized spacial score (nSPS) is 14.4. The lowest BCUT2D eigenvalue weighted by atomic mass is 9.87. The molecule has 0 aliphatic carbocycles. The van der Waals surface area contributed by atoms with Crippen molar-refractivity contribution in [3.8, 4) is 11.5 Å². The van der Waals surface area contributed by atoms with Crippen LogP contribution in [-0.4, -0.2) is 12.2 Å². The van der Waals surface area contributed by atoms with Crippen molar-refractivity contribution >= 4 is 45.2 Å². The Morgan fingerprint density at radius 1 is 0.690 bits per heavy atom. The summed E-state index contributed by atoms with van der Waals surface area (Å²) in [6, 6.07) is 13.0.